The Bertz CT molecular complexity index is 378. The number of fused-ring (bicyclic) bond motifs is 1. The Hall–Kier alpha value is -1.07. The average Bonchev–Trinajstić information content (AvgIpc) is 2.65. The Balaban J connectivity index is 1.84. The van der Waals surface area contributed by atoms with Crippen molar-refractivity contribution >= 4 is 17.2 Å². The van der Waals surface area contributed by atoms with Crippen LogP contribution in [0.5, 0.6) is 5.75 Å². The van der Waals surface area contributed by atoms with E-state index in [2.05, 4.69) is 5.32 Å². The van der Waals surface area contributed by atoms with Gasteiger partial charge >= 0.3 is 0 Å². The van der Waals surface area contributed by atoms with E-state index in [1.807, 2.05) is 17.7 Å². The summed E-state index contributed by atoms with van der Waals surface area (Å²) in [6, 6.07) is 0. The lowest BCUT2D eigenvalue weighted by molar-refractivity contribution is -0.121. The molecule has 2 heterocycles. The van der Waals surface area contributed by atoms with E-state index < -0.39 is 0 Å². The zero-order valence-corrected chi connectivity index (χ0v) is 10.7. The van der Waals surface area contributed by atoms with Crippen molar-refractivity contribution in [1.29, 1.82) is 0 Å². The van der Waals surface area contributed by atoms with E-state index in [4.69, 9.17) is 9.47 Å². The number of hydrogen-bond acceptors (Lipinski definition) is 4. The molecule has 1 aromatic rings. The monoisotopic (exact) mass is 255 g/mol. The molecule has 1 atom stereocenters. The zero-order chi connectivity index (χ0) is 12.1. The van der Waals surface area contributed by atoms with Gasteiger partial charge in [0.15, 0.2) is 0 Å². The second-order valence-electron chi connectivity index (χ2n) is 4.07. The van der Waals surface area contributed by atoms with Crippen LogP contribution in [-0.2, 0) is 16.1 Å². The average molecular weight is 255 g/mol. The van der Waals surface area contributed by atoms with Gasteiger partial charge in [-0.1, -0.05) is 6.92 Å². The molecule has 0 bridgehead atoms. The fraction of sp³-hybridized carbons (Fsp3) is 0.583. The van der Waals surface area contributed by atoms with Crippen LogP contribution in [0, 0.1) is 0 Å². The Labute approximate surface area is 105 Å². The molecular weight excluding hydrogens is 238 g/mol. The lowest BCUT2D eigenvalue weighted by Crippen LogP contribution is -2.37. The van der Waals surface area contributed by atoms with Gasteiger partial charge in [0.1, 0.15) is 11.9 Å². The van der Waals surface area contributed by atoms with Crippen molar-refractivity contribution in [2.24, 2.45) is 0 Å². The van der Waals surface area contributed by atoms with Crippen LogP contribution in [0.1, 0.15) is 25.3 Å². The first-order valence-electron chi connectivity index (χ1n) is 5.85. The van der Waals surface area contributed by atoms with Gasteiger partial charge in [0.25, 0.3) is 0 Å². The van der Waals surface area contributed by atoms with Crippen molar-refractivity contribution in [3.63, 3.8) is 0 Å². The summed E-state index contributed by atoms with van der Waals surface area (Å²) in [4.78, 5) is 11.4. The number of nitrogens with one attached hydrogen (secondary N) is 1. The summed E-state index contributed by atoms with van der Waals surface area (Å²) in [6.07, 6.45) is 1.34. The van der Waals surface area contributed by atoms with Crippen LogP contribution in [-0.4, -0.2) is 25.2 Å². The molecule has 0 aromatic carbocycles. The molecule has 0 saturated heterocycles. The van der Waals surface area contributed by atoms with E-state index >= 15 is 0 Å². The first kappa shape index (κ1) is 12.4. The largest absolute Gasteiger partial charge is 0.485 e. The molecule has 5 heteroatoms. The molecule has 17 heavy (non-hydrogen) atoms. The topological polar surface area (TPSA) is 47.6 Å². The molecule has 1 unspecified atom stereocenters. The van der Waals surface area contributed by atoms with Crippen LogP contribution in [0.4, 0.5) is 0 Å². The van der Waals surface area contributed by atoms with Gasteiger partial charge in [-0.15, -0.1) is 11.3 Å². The molecule has 2 rings (SSSR count). The summed E-state index contributed by atoms with van der Waals surface area (Å²) >= 11 is 1.61. The maximum Gasteiger partial charge on any atom is 0.220 e. The Kier molecular flexibility index (Phi) is 4.39. The number of carbonyl (C=O) groups excluding carboxylic acids is 1. The summed E-state index contributed by atoms with van der Waals surface area (Å²) < 4.78 is 11.3. The summed E-state index contributed by atoms with van der Waals surface area (Å²) in [5.41, 5.74) is 1.09. The third kappa shape index (κ3) is 3.44. The molecule has 0 spiro atoms. The van der Waals surface area contributed by atoms with E-state index in [9.17, 15) is 4.79 Å². The molecule has 0 radical (unpaired) electrons. The van der Waals surface area contributed by atoms with E-state index in [1.165, 1.54) is 0 Å². The number of thiophene rings is 1. The third-order valence-electron chi connectivity index (χ3n) is 2.56. The first-order chi connectivity index (χ1) is 8.29. The first-order valence-corrected chi connectivity index (χ1v) is 6.80. The van der Waals surface area contributed by atoms with E-state index in [-0.39, 0.29) is 12.0 Å². The van der Waals surface area contributed by atoms with E-state index in [1.54, 1.807) is 11.3 Å². The van der Waals surface area contributed by atoms with Gasteiger partial charge in [-0.05, 0) is 6.42 Å². The number of ether oxygens (including phenoxy) is 2. The number of amides is 1. The minimum absolute atomic E-state index is 0.0749. The maximum atomic E-state index is 11.4. The molecule has 0 saturated carbocycles. The smallest absolute Gasteiger partial charge is 0.220 e. The van der Waals surface area contributed by atoms with Gasteiger partial charge in [-0.2, -0.15) is 0 Å². The van der Waals surface area contributed by atoms with Crippen LogP contribution in [0.15, 0.2) is 10.8 Å². The summed E-state index contributed by atoms with van der Waals surface area (Å²) in [5.74, 6) is 0.966. The molecule has 1 aromatic heterocycles. The quantitative estimate of drug-likeness (QED) is 0.894. The third-order valence-corrected chi connectivity index (χ3v) is 3.33. The van der Waals surface area contributed by atoms with Crippen molar-refractivity contribution in [1.82, 2.24) is 5.32 Å². The molecule has 94 valence electrons. The van der Waals surface area contributed by atoms with Crippen LogP contribution in [0.2, 0.25) is 0 Å². The summed E-state index contributed by atoms with van der Waals surface area (Å²) in [7, 11) is 0. The molecule has 1 amide bonds. The number of carbonyl (C=O) groups is 1. The summed E-state index contributed by atoms with van der Waals surface area (Å²) in [6.45, 7) is 3.61. The van der Waals surface area contributed by atoms with Gasteiger partial charge in [-0.25, -0.2) is 0 Å². The zero-order valence-electron chi connectivity index (χ0n) is 9.90. The molecule has 0 aliphatic carbocycles. The van der Waals surface area contributed by atoms with Gasteiger partial charge < -0.3 is 14.8 Å². The fourth-order valence-corrected chi connectivity index (χ4v) is 2.42. The number of rotatable bonds is 4. The van der Waals surface area contributed by atoms with Crippen LogP contribution in [0.3, 0.4) is 0 Å². The van der Waals surface area contributed by atoms with Crippen LogP contribution in [0.25, 0.3) is 0 Å². The predicted octanol–water partition coefficient (Wildman–Crippen LogP) is 1.94. The molecule has 0 fully saturated rings. The highest BCUT2D eigenvalue weighted by Crippen LogP contribution is 2.27. The van der Waals surface area contributed by atoms with Crippen molar-refractivity contribution < 1.29 is 14.3 Å². The molecular formula is C12H17NO3S. The van der Waals surface area contributed by atoms with Crippen molar-refractivity contribution in [3.05, 3.63) is 16.3 Å². The minimum Gasteiger partial charge on any atom is -0.485 e. The Morgan fingerprint density at radius 3 is 3.29 bits per heavy atom. The van der Waals surface area contributed by atoms with E-state index in [0.717, 1.165) is 17.7 Å². The minimum atomic E-state index is -0.0911. The van der Waals surface area contributed by atoms with E-state index in [0.29, 0.717) is 26.2 Å². The van der Waals surface area contributed by atoms with Gasteiger partial charge in [-0.3, -0.25) is 4.79 Å². The van der Waals surface area contributed by atoms with Crippen LogP contribution < -0.4 is 10.1 Å². The lowest BCUT2D eigenvalue weighted by Gasteiger charge is -2.16. The normalized spacial score (nSPS) is 19.0. The summed E-state index contributed by atoms with van der Waals surface area (Å²) in [5, 5.41) is 6.88. The van der Waals surface area contributed by atoms with Gasteiger partial charge in [0, 0.05) is 22.7 Å². The predicted molar refractivity (Wildman–Crippen MR) is 66.3 cm³/mol. The fourth-order valence-electron chi connectivity index (χ4n) is 1.68. The SMILES string of the molecule is CCCC(=O)NCC1COCc2cscc2O1. The molecule has 1 aliphatic rings. The second kappa shape index (κ2) is 6.02. The molecule has 4 nitrogen and oxygen atoms in total. The highest BCUT2D eigenvalue weighted by atomic mass is 32.1. The Morgan fingerprint density at radius 1 is 1.59 bits per heavy atom. The van der Waals surface area contributed by atoms with Crippen molar-refractivity contribution in [3.8, 4) is 5.75 Å². The number of hydrogen-bond donors (Lipinski definition) is 1. The highest BCUT2D eigenvalue weighted by Gasteiger charge is 2.19. The van der Waals surface area contributed by atoms with Gasteiger partial charge in [0.05, 0.1) is 19.8 Å². The van der Waals surface area contributed by atoms with Crippen LogP contribution >= 0.6 is 11.3 Å². The standard InChI is InChI=1S/C12H17NO3S/c1-2-3-12(14)13-4-10-6-15-5-9-7-17-8-11(9)16-10/h7-8,10H,2-6H2,1H3,(H,13,14). The van der Waals surface area contributed by atoms with Crippen molar-refractivity contribution in [2.45, 2.75) is 32.5 Å². The van der Waals surface area contributed by atoms with Crippen molar-refractivity contribution in [2.75, 3.05) is 13.2 Å². The Morgan fingerprint density at radius 2 is 2.47 bits per heavy atom. The molecule has 1 N–H and O–H groups in total. The van der Waals surface area contributed by atoms with Gasteiger partial charge in [0.2, 0.25) is 5.91 Å². The second-order valence-corrected chi connectivity index (χ2v) is 4.81. The molecule has 1 aliphatic heterocycles. The lowest BCUT2D eigenvalue weighted by atomic mass is 10.3. The highest BCUT2D eigenvalue weighted by molar-refractivity contribution is 7.08. The maximum absolute atomic E-state index is 11.4.